The van der Waals surface area contributed by atoms with Crippen LogP contribution in [-0.2, 0) is 0 Å². The van der Waals surface area contributed by atoms with Crippen LogP contribution >= 0.6 is 15.9 Å². The molecule has 1 unspecified atom stereocenters. The molecule has 0 amide bonds. The normalized spacial score (nSPS) is 18.8. The summed E-state index contributed by atoms with van der Waals surface area (Å²) in [7, 11) is 0. The van der Waals surface area contributed by atoms with E-state index in [1.165, 1.54) is 61.6 Å². The lowest BCUT2D eigenvalue weighted by Gasteiger charge is -2.23. The van der Waals surface area contributed by atoms with E-state index in [1.807, 2.05) is 0 Å². The second-order valence-corrected chi connectivity index (χ2v) is 7.01. The molecule has 18 heavy (non-hydrogen) atoms. The van der Waals surface area contributed by atoms with E-state index >= 15 is 0 Å². The first-order valence-electron chi connectivity index (χ1n) is 7.38. The van der Waals surface area contributed by atoms with E-state index in [9.17, 15) is 0 Å². The van der Waals surface area contributed by atoms with Gasteiger partial charge in [0.25, 0.3) is 0 Å². The molecule has 0 heterocycles. The molecule has 0 aromatic heterocycles. The quantitative estimate of drug-likeness (QED) is 0.589. The summed E-state index contributed by atoms with van der Waals surface area (Å²) in [5.74, 6) is 0.990. The first kappa shape index (κ1) is 14.1. The van der Waals surface area contributed by atoms with E-state index in [1.54, 1.807) is 0 Å². The average Bonchev–Trinajstić information content (AvgIpc) is 2.37. The lowest BCUT2D eigenvalue weighted by molar-refractivity contribution is 0.332. The maximum atomic E-state index is 3.89. The van der Waals surface area contributed by atoms with Gasteiger partial charge in [-0.2, -0.15) is 0 Å². The van der Waals surface area contributed by atoms with Crippen LogP contribution in [0.2, 0.25) is 0 Å². The van der Waals surface area contributed by atoms with Gasteiger partial charge >= 0.3 is 0 Å². The molecule has 100 valence electrons. The Kier molecular flexibility index (Phi) is 5.29. The van der Waals surface area contributed by atoms with Crippen molar-refractivity contribution in [3.8, 4) is 0 Å². The van der Waals surface area contributed by atoms with Gasteiger partial charge in [-0.25, -0.2) is 0 Å². The molecule has 1 aliphatic carbocycles. The Morgan fingerprint density at radius 3 is 2.56 bits per heavy atom. The highest BCUT2D eigenvalue weighted by atomic mass is 79.9. The molecule has 1 aromatic carbocycles. The largest absolute Gasteiger partial charge is 0.0839 e. The third-order valence-corrected chi connectivity index (χ3v) is 5.27. The molecule has 1 saturated carbocycles. The third-order valence-electron chi connectivity index (χ3n) is 4.32. The highest BCUT2D eigenvalue weighted by Gasteiger charge is 2.16. The van der Waals surface area contributed by atoms with Gasteiger partial charge in [0.15, 0.2) is 0 Å². The number of aryl methyl sites for hydroxylation is 2. The van der Waals surface area contributed by atoms with Gasteiger partial charge < -0.3 is 0 Å². The molecule has 0 spiro atoms. The van der Waals surface area contributed by atoms with Crippen LogP contribution in [0.4, 0.5) is 0 Å². The first-order chi connectivity index (χ1) is 8.66. The second kappa shape index (κ2) is 6.75. The van der Waals surface area contributed by atoms with Gasteiger partial charge in [0.05, 0.1) is 0 Å². The van der Waals surface area contributed by atoms with E-state index in [2.05, 4.69) is 48.0 Å². The zero-order valence-electron chi connectivity index (χ0n) is 11.7. The smallest absolute Gasteiger partial charge is 0.0398 e. The number of halogens is 1. The average molecular weight is 309 g/mol. The van der Waals surface area contributed by atoms with Gasteiger partial charge in [-0.15, -0.1) is 0 Å². The van der Waals surface area contributed by atoms with E-state index < -0.39 is 0 Å². The maximum absolute atomic E-state index is 3.89. The number of rotatable bonds is 4. The van der Waals surface area contributed by atoms with Crippen LogP contribution in [-0.4, -0.2) is 0 Å². The van der Waals surface area contributed by atoms with Crippen molar-refractivity contribution in [3.05, 3.63) is 34.9 Å². The fourth-order valence-electron chi connectivity index (χ4n) is 3.19. The molecule has 0 radical (unpaired) electrons. The van der Waals surface area contributed by atoms with Crippen LogP contribution in [0, 0.1) is 19.8 Å². The molecule has 0 bridgehead atoms. The number of alkyl halides is 1. The Morgan fingerprint density at radius 1 is 1.17 bits per heavy atom. The maximum Gasteiger partial charge on any atom is 0.0398 e. The van der Waals surface area contributed by atoms with Crippen molar-refractivity contribution in [3.63, 3.8) is 0 Å². The summed E-state index contributed by atoms with van der Waals surface area (Å²) in [5, 5.41) is 0. The first-order valence-corrected chi connectivity index (χ1v) is 8.29. The van der Waals surface area contributed by atoms with E-state index in [-0.39, 0.29) is 0 Å². The fraction of sp³-hybridized carbons (Fsp3) is 0.647. The topological polar surface area (TPSA) is 0 Å². The number of hydrogen-bond donors (Lipinski definition) is 0. The van der Waals surface area contributed by atoms with Crippen LogP contribution in [0.15, 0.2) is 18.2 Å². The number of hydrogen-bond acceptors (Lipinski definition) is 0. The van der Waals surface area contributed by atoms with Gasteiger partial charge in [-0.3, -0.25) is 0 Å². The lowest BCUT2D eigenvalue weighted by Crippen LogP contribution is -2.07. The van der Waals surface area contributed by atoms with Crippen molar-refractivity contribution in [1.29, 1.82) is 0 Å². The molecule has 1 aliphatic rings. The van der Waals surface area contributed by atoms with Crippen molar-refractivity contribution >= 4 is 15.9 Å². The van der Waals surface area contributed by atoms with Crippen LogP contribution < -0.4 is 0 Å². The molecule has 0 N–H and O–H groups in total. The predicted octanol–water partition coefficient (Wildman–Crippen LogP) is 6.10. The Morgan fingerprint density at radius 2 is 1.89 bits per heavy atom. The Hall–Kier alpha value is -0.300. The predicted molar refractivity (Wildman–Crippen MR) is 83.4 cm³/mol. The highest BCUT2D eigenvalue weighted by Crippen LogP contribution is 2.35. The summed E-state index contributed by atoms with van der Waals surface area (Å²) in [6, 6.07) is 6.83. The summed E-state index contributed by atoms with van der Waals surface area (Å²) in [4.78, 5) is 0.542. The van der Waals surface area contributed by atoms with Gasteiger partial charge in [-0.05, 0) is 43.7 Å². The van der Waals surface area contributed by atoms with Crippen LogP contribution in [0.3, 0.4) is 0 Å². The second-order valence-electron chi connectivity index (χ2n) is 5.91. The van der Waals surface area contributed by atoms with E-state index in [4.69, 9.17) is 0 Å². The Bertz CT molecular complexity index is 377. The van der Waals surface area contributed by atoms with Crippen LogP contribution in [0.25, 0.3) is 0 Å². The summed E-state index contributed by atoms with van der Waals surface area (Å²) in [6.07, 6.45) is 9.99. The Labute approximate surface area is 120 Å². The summed E-state index contributed by atoms with van der Waals surface area (Å²) in [5.41, 5.74) is 4.28. The minimum atomic E-state index is 0.542. The third kappa shape index (κ3) is 3.85. The molecular weight excluding hydrogens is 284 g/mol. The van der Waals surface area contributed by atoms with Gasteiger partial charge in [0, 0.05) is 4.83 Å². The van der Waals surface area contributed by atoms with Gasteiger partial charge in [0.1, 0.15) is 0 Å². The molecule has 2 rings (SSSR count). The zero-order valence-corrected chi connectivity index (χ0v) is 13.3. The van der Waals surface area contributed by atoms with Crippen molar-refractivity contribution in [2.45, 2.75) is 63.6 Å². The molecule has 0 aliphatic heterocycles. The SMILES string of the molecule is Cc1ccc(C(Br)CCC2CCCCC2)c(C)c1. The van der Waals surface area contributed by atoms with Gasteiger partial charge in [-0.1, -0.05) is 71.8 Å². The van der Waals surface area contributed by atoms with E-state index in [0.717, 1.165) is 5.92 Å². The summed E-state index contributed by atoms with van der Waals surface area (Å²) < 4.78 is 0. The molecule has 1 atom stereocenters. The van der Waals surface area contributed by atoms with Crippen molar-refractivity contribution in [2.75, 3.05) is 0 Å². The molecule has 0 saturated heterocycles. The lowest BCUT2D eigenvalue weighted by atomic mass is 9.85. The minimum absolute atomic E-state index is 0.542. The molecule has 1 aromatic rings. The van der Waals surface area contributed by atoms with Crippen LogP contribution in [0.5, 0.6) is 0 Å². The van der Waals surface area contributed by atoms with Crippen molar-refractivity contribution < 1.29 is 0 Å². The highest BCUT2D eigenvalue weighted by molar-refractivity contribution is 9.09. The zero-order chi connectivity index (χ0) is 13.0. The van der Waals surface area contributed by atoms with Crippen molar-refractivity contribution in [2.24, 2.45) is 5.92 Å². The number of benzene rings is 1. The summed E-state index contributed by atoms with van der Waals surface area (Å²) in [6.45, 7) is 4.40. The molecule has 1 fully saturated rings. The van der Waals surface area contributed by atoms with Crippen molar-refractivity contribution in [1.82, 2.24) is 0 Å². The summed E-state index contributed by atoms with van der Waals surface area (Å²) >= 11 is 3.89. The monoisotopic (exact) mass is 308 g/mol. The molecular formula is C17H25Br. The minimum Gasteiger partial charge on any atom is -0.0839 e. The fourth-order valence-corrected chi connectivity index (χ4v) is 3.97. The van der Waals surface area contributed by atoms with Gasteiger partial charge in [0.2, 0.25) is 0 Å². The Balaban J connectivity index is 1.88. The van der Waals surface area contributed by atoms with E-state index in [0.29, 0.717) is 4.83 Å². The van der Waals surface area contributed by atoms with Crippen LogP contribution in [0.1, 0.15) is 66.5 Å². The molecule has 1 heteroatoms. The standard InChI is InChI=1S/C17H25Br/c1-13-8-10-16(14(2)12-13)17(18)11-9-15-6-4-3-5-7-15/h8,10,12,15,17H,3-7,9,11H2,1-2H3. The molecule has 0 nitrogen and oxygen atoms in total.